The monoisotopic (exact) mass is 210 g/mol. The van der Waals surface area contributed by atoms with Crippen molar-refractivity contribution in [3.8, 4) is 0 Å². The number of rotatable bonds is 0. The molecule has 32 valence electrons. The van der Waals surface area contributed by atoms with Crippen molar-refractivity contribution in [2.45, 2.75) is 3.26 Å². The predicted octanol–water partition coefficient (Wildman–Crippen LogP) is 1.90. The molecule has 0 atom stereocenters. The Kier molecular flexibility index (Phi) is 1.89. The van der Waals surface area contributed by atoms with Gasteiger partial charge >= 0.3 is 3.26 Å². The predicted molar refractivity (Wildman–Crippen MR) is 28.0 cm³/mol. The first-order valence-corrected chi connectivity index (χ1v) is 2.32. The summed E-state index contributed by atoms with van der Waals surface area (Å²) in [4.78, 5) is 0. The summed E-state index contributed by atoms with van der Waals surface area (Å²) in [5, 5.41) is 0. The third kappa shape index (κ3) is 48.3. The van der Waals surface area contributed by atoms with Gasteiger partial charge in [-0.1, -0.05) is 12.6 Å². The first-order valence-electron chi connectivity index (χ1n) is 0.791. The molecule has 0 nitrogen and oxygen atoms in total. The summed E-state index contributed by atoms with van der Waals surface area (Å²) < 4.78 is 18.9. The van der Waals surface area contributed by atoms with Crippen LogP contribution in [-0.4, -0.2) is 3.26 Å². The van der Waals surface area contributed by atoms with Crippen LogP contribution in [0.25, 0.3) is 0 Å². The highest BCUT2D eigenvalue weighted by atomic mass is 127. The summed E-state index contributed by atoms with van der Waals surface area (Å²) in [6.45, 7) is 0. The number of alkyl halides is 3. The van der Waals surface area contributed by atoms with Crippen molar-refractivity contribution < 1.29 is 8.78 Å². The molecule has 0 radical (unpaired) electrons. The van der Waals surface area contributed by atoms with Crippen LogP contribution in [0.2, 0.25) is 0 Å². The SMILES string of the molecule is FC(F)(S)I. The van der Waals surface area contributed by atoms with E-state index in [-0.39, 0.29) is 0 Å². The number of thiol groups is 1. The van der Waals surface area contributed by atoms with E-state index in [0.29, 0.717) is 0 Å². The molecule has 0 heterocycles. The van der Waals surface area contributed by atoms with E-state index in [0.717, 1.165) is 22.6 Å². The largest absolute Gasteiger partial charge is 0.340 e. The van der Waals surface area contributed by atoms with Gasteiger partial charge in [-0.2, -0.15) is 8.78 Å². The molecule has 0 amide bonds. The van der Waals surface area contributed by atoms with Gasteiger partial charge in [-0.05, 0) is 0 Å². The first kappa shape index (κ1) is 5.94. The smallest absolute Gasteiger partial charge is 0.183 e. The second-order valence-electron chi connectivity index (χ2n) is 0.468. The Hall–Kier alpha value is 0.940. The normalized spacial score (nSPS) is 12.0. The molecule has 0 saturated heterocycles. The van der Waals surface area contributed by atoms with Crippen LogP contribution in [0.4, 0.5) is 8.78 Å². The van der Waals surface area contributed by atoms with Gasteiger partial charge in [0.25, 0.3) is 0 Å². The fourth-order valence-corrected chi connectivity index (χ4v) is 0. The van der Waals surface area contributed by atoms with E-state index < -0.39 is 3.26 Å². The van der Waals surface area contributed by atoms with Crippen molar-refractivity contribution in [2.75, 3.05) is 0 Å². The second-order valence-corrected chi connectivity index (χ2v) is 3.24. The highest BCUT2D eigenvalue weighted by Crippen LogP contribution is 2.25. The average Bonchev–Trinajstić information content (AvgIpc) is 0.722. The molecule has 0 saturated carbocycles. The summed E-state index contributed by atoms with van der Waals surface area (Å²) in [7, 11) is 0. The van der Waals surface area contributed by atoms with Gasteiger partial charge in [0.1, 0.15) is 0 Å². The molecule has 0 unspecified atom stereocenters. The minimum Gasteiger partial charge on any atom is -0.183 e. The second kappa shape index (κ2) is 1.59. The number of halogens is 3. The lowest BCUT2D eigenvalue weighted by molar-refractivity contribution is 0.235. The molecule has 0 rings (SSSR count). The van der Waals surface area contributed by atoms with Crippen LogP contribution >= 0.6 is 35.2 Å². The van der Waals surface area contributed by atoms with Crippen molar-refractivity contribution in [3.05, 3.63) is 0 Å². The molecule has 0 spiro atoms. The van der Waals surface area contributed by atoms with E-state index in [4.69, 9.17) is 0 Å². The zero-order chi connectivity index (χ0) is 4.50. The number of hydrogen-bond donors (Lipinski definition) is 1. The van der Waals surface area contributed by atoms with Crippen LogP contribution in [0.1, 0.15) is 0 Å². The Morgan fingerprint density at radius 1 is 1.60 bits per heavy atom. The van der Waals surface area contributed by atoms with E-state index >= 15 is 0 Å². The van der Waals surface area contributed by atoms with Crippen molar-refractivity contribution in [2.24, 2.45) is 0 Å². The van der Waals surface area contributed by atoms with E-state index in [1.807, 2.05) is 0 Å². The molecule has 0 aromatic heterocycles. The van der Waals surface area contributed by atoms with Crippen molar-refractivity contribution >= 4 is 35.2 Å². The minimum absolute atomic E-state index is 0.908. The highest BCUT2D eigenvalue weighted by molar-refractivity contribution is 14.1. The zero-order valence-corrected chi connectivity index (χ0v) is 5.13. The molecule has 0 fully saturated rings. The van der Waals surface area contributed by atoms with Gasteiger partial charge in [0.05, 0.1) is 0 Å². The molecule has 0 aromatic rings. The number of hydrogen-bond acceptors (Lipinski definition) is 1. The molecule has 0 bridgehead atoms. The standard InChI is InChI=1S/CHF2IS/c2-1(3,4)5/h5H. The molecule has 0 aromatic carbocycles. The van der Waals surface area contributed by atoms with Gasteiger partial charge < -0.3 is 0 Å². The molecule has 5 heavy (non-hydrogen) atoms. The fraction of sp³-hybridized carbons (Fsp3) is 1.00. The first-order chi connectivity index (χ1) is 2.00. The van der Waals surface area contributed by atoms with Crippen LogP contribution in [0.15, 0.2) is 0 Å². The van der Waals surface area contributed by atoms with Crippen LogP contribution in [-0.2, 0) is 0 Å². The molecule has 0 N–H and O–H groups in total. The van der Waals surface area contributed by atoms with E-state index in [1.54, 1.807) is 0 Å². The van der Waals surface area contributed by atoms with E-state index in [2.05, 4.69) is 12.6 Å². The lowest BCUT2D eigenvalue weighted by Crippen LogP contribution is -1.85. The summed E-state index contributed by atoms with van der Waals surface area (Å²) >= 11 is 3.68. The van der Waals surface area contributed by atoms with Crippen LogP contribution in [0.3, 0.4) is 0 Å². The van der Waals surface area contributed by atoms with Gasteiger partial charge in [0.15, 0.2) is 0 Å². The van der Waals surface area contributed by atoms with E-state index in [9.17, 15) is 8.78 Å². The highest BCUT2D eigenvalue weighted by Gasteiger charge is 2.13. The minimum atomic E-state index is -2.84. The van der Waals surface area contributed by atoms with Crippen molar-refractivity contribution in [1.82, 2.24) is 0 Å². The molecular weight excluding hydrogens is 209 g/mol. The topological polar surface area (TPSA) is 0 Å². The summed E-state index contributed by atoms with van der Waals surface area (Å²) in [6, 6.07) is 0. The van der Waals surface area contributed by atoms with Gasteiger partial charge in [0.2, 0.25) is 0 Å². The zero-order valence-electron chi connectivity index (χ0n) is 2.08. The van der Waals surface area contributed by atoms with Gasteiger partial charge in [0, 0.05) is 22.6 Å². The Bertz CT molecular complexity index is 25.1. The lowest BCUT2D eigenvalue weighted by Gasteiger charge is -1.90. The Balaban J connectivity index is 3.02. The van der Waals surface area contributed by atoms with E-state index in [1.165, 1.54) is 0 Å². The van der Waals surface area contributed by atoms with Crippen molar-refractivity contribution in [3.63, 3.8) is 0 Å². The van der Waals surface area contributed by atoms with Crippen LogP contribution in [0.5, 0.6) is 0 Å². The Morgan fingerprint density at radius 2 is 1.60 bits per heavy atom. The Labute approximate surface area is 47.5 Å². The lowest BCUT2D eigenvalue weighted by atomic mass is 11.7. The maximum Gasteiger partial charge on any atom is 0.340 e. The molecular formula is CHF2IS. The summed E-state index contributed by atoms with van der Waals surface area (Å²) in [6.07, 6.45) is 0. The molecule has 0 aliphatic heterocycles. The Morgan fingerprint density at radius 3 is 1.60 bits per heavy atom. The maximum absolute atomic E-state index is 10.9. The van der Waals surface area contributed by atoms with Crippen LogP contribution in [0, 0.1) is 0 Å². The molecule has 0 aliphatic carbocycles. The van der Waals surface area contributed by atoms with Gasteiger partial charge in [-0.3, -0.25) is 0 Å². The third-order valence-corrected chi connectivity index (χ3v) is 0. The summed E-state index contributed by atoms with van der Waals surface area (Å²) in [5.74, 6) is 0. The quantitative estimate of drug-likeness (QED) is 0.352. The third-order valence-electron chi connectivity index (χ3n) is 0. The molecule has 0 aliphatic rings. The molecule has 4 heteroatoms. The maximum atomic E-state index is 10.9. The van der Waals surface area contributed by atoms with Crippen LogP contribution < -0.4 is 0 Å². The van der Waals surface area contributed by atoms with Gasteiger partial charge in [-0.25, -0.2) is 0 Å². The average molecular weight is 210 g/mol. The van der Waals surface area contributed by atoms with Crippen molar-refractivity contribution in [1.29, 1.82) is 0 Å². The summed E-state index contributed by atoms with van der Waals surface area (Å²) in [5.41, 5.74) is 0. The fourth-order valence-electron chi connectivity index (χ4n) is 0. The van der Waals surface area contributed by atoms with Gasteiger partial charge in [-0.15, -0.1) is 0 Å².